The molecule has 140 valence electrons. The van der Waals surface area contributed by atoms with Crippen LogP contribution in [0.1, 0.15) is 12.5 Å². The molecule has 0 aliphatic heterocycles. The Kier molecular flexibility index (Phi) is 6.78. The topological polar surface area (TPSA) is 98.5 Å². The van der Waals surface area contributed by atoms with Gasteiger partial charge in [-0.05, 0) is 36.8 Å². The number of nitro groups is 1. The summed E-state index contributed by atoms with van der Waals surface area (Å²) in [6.45, 7) is 1.34. The van der Waals surface area contributed by atoms with Crippen LogP contribution in [0.4, 0.5) is 15.8 Å². The smallest absolute Gasteiger partial charge is 0.331 e. The SMILES string of the molecule is CC(OC(=O)/C=C/c1cccc([N+](=O)[O-])c1)C(=O)Nc1ccc(Br)cc1F. The van der Waals surface area contributed by atoms with Crippen molar-refractivity contribution in [1.29, 1.82) is 0 Å². The number of hydrogen-bond donors (Lipinski definition) is 1. The molecule has 0 fully saturated rings. The third-order valence-corrected chi connectivity index (χ3v) is 3.84. The van der Waals surface area contributed by atoms with E-state index in [4.69, 9.17) is 4.74 Å². The first-order chi connectivity index (χ1) is 12.8. The van der Waals surface area contributed by atoms with E-state index in [1.165, 1.54) is 43.3 Å². The van der Waals surface area contributed by atoms with Crippen molar-refractivity contribution in [3.8, 4) is 0 Å². The van der Waals surface area contributed by atoms with Crippen molar-refractivity contribution >= 4 is 45.3 Å². The molecule has 0 aliphatic carbocycles. The number of nitrogens with zero attached hydrogens (tertiary/aromatic N) is 1. The van der Waals surface area contributed by atoms with Gasteiger partial charge >= 0.3 is 5.97 Å². The van der Waals surface area contributed by atoms with Crippen LogP contribution in [-0.4, -0.2) is 22.9 Å². The number of anilines is 1. The molecule has 2 aromatic rings. The summed E-state index contributed by atoms with van der Waals surface area (Å²) < 4.78 is 19.2. The van der Waals surface area contributed by atoms with Crippen LogP contribution in [-0.2, 0) is 14.3 Å². The first kappa shape index (κ1) is 20.2. The monoisotopic (exact) mass is 436 g/mol. The fourth-order valence-electron chi connectivity index (χ4n) is 2.00. The van der Waals surface area contributed by atoms with Crippen LogP contribution in [0.15, 0.2) is 53.0 Å². The van der Waals surface area contributed by atoms with Gasteiger partial charge in [0.2, 0.25) is 0 Å². The zero-order valence-electron chi connectivity index (χ0n) is 14.0. The maximum Gasteiger partial charge on any atom is 0.331 e. The highest BCUT2D eigenvalue weighted by molar-refractivity contribution is 9.10. The summed E-state index contributed by atoms with van der Waals surface area (Å²) in [7, 11) is 0. The quantitative estimate of drug-likeness (QED) is 0.318. The van der Waals surface area contributed by atoms with E-state index in [2.05, 4.69) is 21.2 Å². The van der Waals surface area contributed by atoms with E-state index in [1.807, 2.05) is 0 Å². The van der Waals surface area contributed by atoms with Gasteiger partial charge in [0.1, 0.15) is 5.82 Å². The molecule has 1 unspecified atom stereocenters. The lowest BCUT2D eigenvalue weighted by Gasteiger charge is -2.13. The molecule has 7 nitrogen and oxygen atoms in total. The normalized spacial score (nSPS) is 11.8. The van der Waals surface area contributed by atoms with Gasteiger partial charge in [-0.3, -0.25) is 14.9 Å². The predicted octanol–water partition coefficient (Wildman–Crippen LogP) is 4.08. The summed E-state index contributed by atoms with van der Waals surface area (Å²) in [5, 5.41) is 13.0. The van der Waals surface area contributed by atoms with Crippen molar-refractivity contribution in [2.45, 2.75) is 13.0 Å². The van der Waals surface area contributed by atoms with Gasteiger partial charge in [0.15, 0.2) is 6.10 Å². The van der Waals surface area contributed by atoms with Gasteiger partial charge in [-0.1, -0.05) is 28.1 Å². The summed E-state index contributed by atoms with van der Waals surface area (Å²) in [5.41, 5.74) is 0.267. The van der Waals surface area contributed by atoms with E-state index < -0.39 is 28.7 Å². The van der Waals surface area contributed by atoms with Crippen molar-refractivity contribution in [2.24, 2.45) is 0 Å². The maximum atomic E-state index is 13.7. The summed E-state index contributed by atoms with van der Waals surface area (Å²) in [6, 6.07) is 9.77. The second-order valence-electron chi connectivity index (χ2n) is 5.38. The van der Waals surface area contributed by atoms with Crippen LogP contribution in [0.3, 0.4) is 0 Å². The second-order valence-corrected chi connectivity index (χ2v) is 6.29. The highest BCUT2D eigenvalue weighted by atomic mass is 79.9. The van der Waals surface area contributed by atoms with Crippen molar-refractivity contribution in [2.75, 3.05) is 5.32 Å². The van der Waals surface area contributed by atoms with E-state index in [-0.39, 0.29) is 11.4 Å². The zero-order chi connectivity index (χ0) is 20.0. The Morgan fingerprint density at radius 2 is 2.04 bits per heavy atom. The number of non-ortho nitro benzene ring substituents is 1. The molecule has 2 rings (SSSR count). The Morgan fingerprint density at radius 3 is 2.70 bits per heavy atom. The van der Waals surface area contributed by atoms with Crippen molar-refractivity contribution in [3.63, 3.8) is 0 Å². The lowest BCUT2D eigenvalue weighted by molar-refractivity contribution is -0.384. The molecule has 0 spiro atoms. The molecule has 27 heavy (non-hydrogen) atoms. The van der Waals surface area contributed by atoms with Crippen LogP contribution in [0, 0.1) is 15.9 Å². The maximum absolute atomic E-state index is 13.7. The number of nitro benzene ring substituents is 1. The Labute approximate surface area is 162 Å². The molecule has 9 heteroatoms. The molecule has 0 heterocycles. The highest BCUT2D eigenvalue weighted by Crippen LogP contribution is 2.19. The largest absolute Gasteiger partial charge is 0.449 e. The van der Waals surface area contributed by atoms with Gasteiger partial charge < -0.3 is 10.1 Å². The fraction of sp³-hybridized carbons (Fsp3) is 0.111. The summed E-state index contributed by atoms with van der Waals surface area (Å²) in [6.07, 6.45) is 1.20. The van der Waals surface area contributed by atoms with E-state index in [0.717, 1.165) is 6.08 Å². The van der Waals surface area contributed by atoms with Gasteiger partial charge in [-0.15, -0.1) is 0 Å². The summed E-state index contributed by atoms with van der Waals surface area (Å²) in [4.78, 5) is 34.0. The Hall–Kier alpha value is -3.07. The van der Waals surface area contributed by atoms with Gasteiger partial charge in [0.25, 0.3) is 11.6 Å². The number of hydrogen-bond acceptors (Lipinski definition) is 5. The van der Waals surface area contributed by atoms with Crippen LogP contribution in [0.25, 0.3) is 6.08 Å². The minimum atomic E-state index is -1.17. The molecular weight excluding hydrogens is 423 g/mol. The van der Waals surface area contributed by atoms with Gasteiger partial charge in [0.05, 0.1) is 10.6 Å². The highest BCUT2D eigenvalue weighted by Gasteiger charge is 2.18. The average molecular weight is 437 g/mol. The van der Waals surface area contributed by atoms with Gasteiger partial charge in [-0.25, -0.2) is 9.18 Å². The van der Waals surface area contributed by atoms with Crippen molar-refractivity contribution in [1.82, 2.24) is 0 Å². The molecule has 0 saturated carbocycles. The lowest BCUT2D eigenvalue weighted by atomic mass is 10.2. The Morgan fingerprint density at radius 1 is 1.30 bits per heavy atom. The number of nitrogens with one attached hydrogen (secondary N) is 1. The molecule has 1 amide bonds. The average Bonchev–Trinajstić information content (AvgIpc) is 2.62. The summed E-state index contributed by atoms with van der Waals surface area (Å²) in [5.74, 6) is -2.16. The Balaban J connectivity index is 1.95. The van der Waals surface area contributed by atoms with E-state index in [9.17, 15) is 24.1 Å². The van der Waals surface area contributed by atoms with Crippen molar-refractivity contribution in [3.05, 3.63) is 74.5 Å². The van der Waals surface area contributed by atoms with Gasteiger partial charge in [0, 0.05) is 22.7 Å². The number of ether oxygens (including phenoxy) is 1. The Bertz CT molecular complexity index is 916. The zero-order valence-corrected chi connectivity index (χ0v) is 15.6. The number of benzene rings is 2. The number of amides is 1. The standard InChI is InChI=1S/C18H14BrFN2O5/c1-11(18(24)21-16-7-6-13(19)10-15(16)20)27-17(23)8-5-12-3-2-4-14(9-12)22(25)26/h2-11H,1H3,(H,21,24)/b8-5+. The first-order valence-electron chi connectivity index (χ1n) is 7.65. The van der Waals surface area contributed by atoms with E-state index in [1.54, 1.807) is 12.1 Å². The van der Waals surface area contributed by atoms with Crippen molar-refractivity contribution < 1.29 is 23.6 Å². The van der Waals surface area contributed by atoms with E-state index in [0.29, 0.717) is 10.0 Å². The van der Waals surface area contributed by atoms with Crippen LogP contribution in [0.5, 0.6) is 0 Å². The number of esters is 1. The molecule has 0 saturated heterocycles. The minimum absolute atomic E-state index is 0.0433. The first-order valence-corrected chi connectivity index (χ1v) is 8.44. The number of halogens is 2. The summed E-state index contributed by atoms with van der Waals surface area (Å²) >= 11 is 3.11. The fourth-order valence-corrected chi connectivity index (χ4v) is 2.33. The van der Waals surface area contributed by atoms with Crippen LogP contribution in [0.2, 0.25) is 0 Å². The second kappa shape index (κ2) is 9.04. The van der Waals surface area contributed by atoms with Crippen LogP contribution < -0.4 is 5.32 Å². The molecule has 0 bridgehead atoms. The number of rotatable bonds is 6. The molecule has 0 aromatic heterocycles. The predicted molar refractivity (Wildman–Crippen MR) is 100 cm³/mol. The van der Waals surface area contributed by atoms with Crippen LogP contribution >= 0.6 is 15.9 Å². The number of carbonyl (C=O) groups is 2. The lowest BCUT2D eigenvalue weighted by Crippen LogP contribution is -2.29. The third kappa shape index (κ3) is 6.00. The third-order valence-electron chi connectivity index (χ3n) is 3.34. The molecule has 2 aromatic carbocycles. The molecule has 0 aliphatic rings. The number of carbonyl (C=O) groups excluding carboxylic acids is 2. The molecule has 1 N–H and O–H groups in total. The van der Waals surface area contributed by atoms with Gasteiger partial charge in [-0.2, -0.15) is 0 Å². The molecule has 0 radical (unpaired) electrons. The van der Waals surface area contributed by atoms with E-state index >= 15 is 0 Å². The minimum Gasteiger partial charge on any atom is -0.449 e. The molecule has 1 atom stereocenters. The molecular formula is C18H14BrFN2O5.